The third-order valence-electron chi connectivity index (χ3n) is 2.84. The maximum absolute atomic E-state index is 11.9. The first-order chi connectivity index (χ1) is 9.74. The van der Waals surface area contributed by atoms with E-state index in [2.05, 4.69) is 15.0 Å². The Morgan fingerprint density at radius 3 is 2.75 bits per heavy atom. The van der Waals surface area contributed by atoms with E-state index in [-0.39, 0.29) is 17.0 Å². The lowest BCUT2D eigenvalue weighted by atomic mass is 10.1. The maximum Gasteiger partial charge on any atom is 0.274 e. The molecule has 0 aliphatic carbocycles. The lowest BCUT2D eigenvalue weighted by Gasteiger charge is -2.00. The number of aromatic nitrogens is 3. The van der Waals surface area contributed by atoms with Crippen LogP contribution in [0.4, 0.5) is 0 Å². The molecule has 0 unspecified atom stereocenters. The zero-order chi connectivity index (χ0) is 13.9. The molecule has 0 saturated carbocycles. The Labute approximate surface area is 114 Å². The lowest BCUT2D eigenvalue weighted by molar-refractivity contribution is 0.515. The Hall–Kier alpha value is -2.95. The van der Waals surface area contributed by atoms with Gasteiger partial charge in [0.2, 0.25) is 0 Å². The van der Waals surface area contributed by atoms with Gasteiger partial charge in [-0.25, -0.2) is 9.97 Å². The highest BCUT2D eigenvalue weighted by Gasteiger charge is 2.05. The van der Waals surface area contributed by atoms with Crippen molar-refractivity contribution in [3.63, 3.8) is 0 Å². The van der Waals surface area contributed by atoms with Crippen LogP contribution >= 0.6 is 0 Å². The predicted octanol–water partition coefficient (Wildman–Crippen LogP) is 2.37. The van der Waals surface area contributed by atoms with Crippen molar-refractivity contribution in [2.24, 2.45) is 0 Å². The molecule has 3 rings (SSSR count). The Kier molecular flexibility index (Phi) is 3.01. The third-order valence-corrected chi connectivity index (χ3v) is 2.84. The molecule has 0 bridgehead atoms. The van der Waals surface area contributed by atoms with E-state index >= 15 is 0 Å². The monoisotopic (exact) mass is 265 g/mol. The summed E-state index contributed by atoms with van der Waals surface area (Å²) in [7, 11) is 0. The van der Waals surface area contributed by atoms with Crippen LogP contribution in [0.3, 0.4) is 0 Å². The second-order valence-electron chi connectivity index (χ2n) is 4.22. The normalized spacial score (nSPS) is 11.7. The van der Waals surface area contributed by atoms with E-state index in [9.17, 15) is 9.90 Å². The van der Waals surface area contributed by atoms with Crippen molar-refractivity contribution >= 4 is 23.0 Å². The average Bonchev–Trinajstić information content (AvgIpc) is 2.49. The predicted molar refractivity (Wildman–Crippen MR) is 77.1 cm³/mol. The molecular weight excluding hydrogens is 254 g/mol. The van der Waals surface area contributed by atoms with Crippen LogP contribution in [0, 0.1) is 0 Å². The number of nitrogens with one attached hydrogen (secondary N) is 1. The van der Waals surface area contributed by atoms with Gasteiger partial charge in [-0.15, -0.1) is 0 Å². The number of hydrogen-bond donors (Lipinski definition) is 2. The Morgan fingerprint density at radius 2 is 1.95 bits per heavy atom. The van der Waals surface area contributed by atoms with E-state index in [4.69, 9.17) is 0 Å². The van der Waals surface area contributed by atoms with Crippen LogP contribution in [0.25, 0.3) is 23.0 Å². The fourth-order valence-corrected chi connectivity index (χ4v) is 1.85. The smallest absolute Gasteiger partial charge is 0.274 e. The average molecular weight is 265 g/mol. The summed E-state index contributed by atoms with van der Waals surface area (Å²) in [6.45, 7) is 0. The number of pyridine rings is 1. The molecular formula is C15H11N3O2. The number of hydrogen-bond acceptors (Lipinski definition) is 4. The fraction of sp³-hybridized carbons (Fsp3) is 0. The largest absolute Gasteiger partial charge is 0.507 e. The van der Waals surface area contributed by atoms with Gasteiger partial charge in [0.25, 0.3) is 5.56 Å². The third kappa shape index (κ3) is 2.29. The molecule has 98 valence electrons. The topological polar surface area (TPSA) is 78.9 Å². The molecule has 0 fully saturated rings. The highest BCUT2D eigenvalue weighted by molar-refractivity contribution is 5.77. The number of aliphatic hydroxyl groups excluding tert-OH is 1. The number of H-pyrrole nitrogens is 1. The van der Waals surface area contributed by atoms with Gasteiger partial charge in [-0.3, -0.25) is 4.79 Å². The molecule has 0 aliphatic rings. The van der Waals surface area contributed by atoms with Gasteiger partial charge in [0.1, 0.15) is 11.5 Å². The van der Waals surface area contributed by atoms with E-state index in [1.807, 2.05) is 6.07 Å². The van der Waals surface area contributed by atoms with Crippen molar-refractivity contribution in [1.82, 2.24) is 15.0 Å². The van der Waals surface area contributed by atoms with E-state index in [0.717, 1.165) is 0 Å². The van der Waals surface area contributed by atoms with Gasteiger partial charge in [0.05, 0.1) is 5.52 Å². The summed E-state index contributed by atoms with van der Waals surface area (Å²) in [6, 6.07) is 12.4. The molecule has 1 aromatic carbocycles. The molecule has 0 spiro atoms. The highest BCUT2D eigenvalue weighted by atomic mass is 16.3. The highest BCUT2D eigenvalue weighted by Crippen LogP contribution is 2.13. The molecule has 0 atom stereocenters. The van der Waals surface area contributed by atoms with E-state index in [0.29, 0.717) is 16.7 Å². The SMILES string of the molecule is O=c1[nH]c2cccnc2nc1/C=C(\O)c1ccccc1. The van der Waals surface area contributed by atoms with Gasteiger partial charge >= 0.3 is 0 Å². The van der Waals surface area contributed by atoms with Crippen LogP contribution in [-0.4, -0.2) is 20.1 Å². The zero-order valence-electron chi connectivity index (χ0n) is 10.4. The van der Waals surface area contributed by atoms with E-state index < -0.39 is 0 Å². The molecule has 20 heavy (non-hydrogen) atoms. The second kappa shape index (κ2) is 4.97. The molecule has 3 aromatic rings. The zero-order valence-corrected chi connectivity index (χ0v) is 10.4. The van der Waals surface area contributed by atoms with Crippen LogP contribution in [-0.2, 0) is 0 Å². The number of aliphatic hydroxyl groups is 1. The van der Waals surface area contributed by atoms with Gasteiger partial charge < -0.3 is 10.1 Å². The molecule has 5 nitrogen and oxygen atoms in total. The molecule has 0 aliphatic heterocycles. The standard InChI is InChI=1S/C15H11N3O2/c19-13(10-5-2-1-3-6-10)9-12-15(20)18-11-7-4-8-16-14(11)17-12/h1-9,19H,(H,18,20)/b13-9-. The Bertz CT molecular complexity index is 838. The van der Waals surface area contributed by atoms with Crippen molar-refractivity contribution in [3.8, 4) is 0 Å². The molecule has 2 N–H and O–H groups in total. The van der Waals surface area contributed by atoms with Crippen molar-refractivity contribution in [1.29, 1.82) is 0 Å². The molecule has 0 saturated heterocycles. The van der Waals surface area contributed by atoms with Crippen LogP contribution in [0.5, 0.6) is 0 Å². The lowest BCUT2D eigenvalue weighted by Crippen LogP contribution is -2.12. The van der Waals surface area contributed by atoms with Gasteiger partial charge in [-0.05, 0) is 12.1 Å². The summed E-state index contributed by atoms with van der Waals surface area (Å²) in [4.78, 5) is 22.8. The first-order valence-corrected chi connectivity index (χ1v) is 6.05. The van der Waals surface area contributed by atoms with Crippen LogP contribution < -0.4 is 5.56 Å². The molecule has 0 radical (unpaired) electrons. The van der Waals surface area contributed by atoms with Gasteiger partial charge in [0.15, 0.2) is 5.65 Å². The van der Waals surface area contributed by atoms with Crippen LogP contribution in [0.15, 0.2) is 53.5 Å². The number of aromatic amines is 1. The van der Waals surface area contributed by atoms with E-state index in [1.54, 1.807) is 42.6 Å². The van der Waals surface area contributed by atoms with E-state index in [1.165, 1.54) is 6.08 Å². The van der Waals surface area contributed by atoms with Crippen molar-refractivity contribution in [2.45, 2.75) is 0 Å². The Morgan fingerprint density at radius 1 is 1.15 bits per heavy atom. The summed E-state index contributed by atoms with van der Waals surface area (Å²) in [5, 5.41) is 10.0. The molecule has 5 heteroatoms. The molecule has 0 amide bonds. The van der Waals surface area contributed by atoms with Crippen molar-refractivity contribution in [2.75, 3.05) is 0 Å². The van der Waals surface area contributed by atoms with Crippen LogP contribution in [0.2, 0.25) is 0 Å². The number of benzene rings is 1. The molecule has 2 aromatic heterocycles. The molecule has 2 heterocycles. The summed E-state index contributed by atoms with van der Waals surface area (Å²) >= 11 is 0. The minimum absolute atomic E-state index is 0.0149. The first-order valence-electron chi connectivity index (χ1n) is 6.05. The summed E-state index contributed by atoms with van der Waals surface area (Å²) in [6.07, 6.45) is 2.93. The minimum atomic E-state index is -0.368. The Balaban J connectivity index is 2.11. The quantitative estimate of drug-likeness (QED) is 0.697. The van der Waals surface area contributed by atoms with Gasteiger partial charge in [-0.1, -0.05) is 30.3 Å². The van der Waals surface area contributed by atoms with Gasteiger partial charge in [0, 0.05) is 17.8 Å². The second-order valence-corrected chi connectivity index (χ2v) is 4.22. The summed E-state index contributed by atoms with van der Waals surface area (Å²) in [5.74, 6) is -0.0149. The number of nitrogens with zero attached hydrogens (tertiary/aromatic N) is 2. The maximum atomic E-state index is 11.9. The minimum Gasteiger partial charge on any atom is -0.507 e. The summed E-state index contributed by atoms with van der Waals surface area (Å²) in [5.41, 5.74) is 1.37. The van der Waals surface area contributed by atoms with Gasteiger partial charge in [-0.2, -0.15) is 0 Å². The van der Waals surface area contributed by atoms with Crippen molar-refractivity contribution < 1.29 is 5.11 Å². The fourth-order valence-electron chi connectivity index (χ4n) is 1.85. The number of fused-ring (bicyclic) bond motifs is 1. The summed E-state index contributed by atoms with van der Waals surface area (Å²) < 4.78 is 0. The van der Waals surface area contributed by atoms with Crippen molar-refractivity contribution in [3.05, 3.63) is 70.3 Å². The van der Waals surface area contributed by atoms with Crippen LogP contribution in [0.1, 0.15) is 11.3 Å². The first kappa shape index (κ1) is 12.1. The number of rotatable bonds is 2.